The van der Waals surface area contributed by atoms with Crippen molar-refractivity contribution < 1.29 is 9.53 Å². The summed E-state index contributed by atoms with van der Waals surface area (Å²) >= 11 is 0. The number of aryl methyl sites for hydroxylation is 2. The molecule has 1 aromatic carbocycles. The van der Waals surface area contributed by atoms with E-state index < -0.39 is 0 Å². The number of benzene rings is 1. The number of anilines is 1. The van der Waals surface area contributed by atoms with Crippen LogP contribution in [-0.4, -0.2) is 34.9 Å². The molecule has 6 nitrogen and oxygen atoms in total. The van der Waals surface area contributed by atoms with E-state index in [1.807, 2.05) is 36.0 Å². The van der Waals surface area contributed by atoms with E-state index >= 15 is 0 Å². The number of ether oxygens (including phenoxy) is 1. The number of fused-ring (bicyclic) bond motifs is 1. The first kappa shape index (κ1) is 17.5. The maximum Gasteiger partial charge on any atom is 0.224 e. The molecule has 25 heavy (non-hydrogen) atoms. The number of nitrogens with zero attached hydrogens (tertiary/aromatic N) is 2. The van der Waals surface area contributed by atoms with E-state index in [0.29, 0.717) is 19.1 Å². The molecule has 2 heterocycles. The number of rotatable bonds is 7. The molecule has 1 aliphatic heterocycles. The van der Waals surface area contributed by atoms with Gasteiger partial charge in [0.1, 0.15) is 12.4 Å². The van der Waals surface area contributed by atoms with Crippen LogP contribution in [0, 0.1) is 6.92 Å². The van der Waals surface area contributed by atoms with Crippen LogP contribution in [0.2, 0.25) is 0 Å². The van der Waals surface area contributed by atoms with Crippen LogP contribution in [0.25, 0.3) is 0 Å². The van der Waals surface area contributed by atoms with Crippen LogP contribution < -0.4 is 15.4 Å². The molecular formula is C19H26N4O2. The van der Waals surface area contributed by atoms with E-state index in [1.54, 1.807) is 0 Å². The molecule has 2 unspecified atom stereocenters. The van der Waals surface area contributed by atoms with Gasteiger partial charge in [-0.2, -0.15) is 5.10 Å². The van der Waals surface area contributed by atoms with Crippen LogP contribution in [0.15, 0.2) is 30.6 Å². The molecule has 0 fully saturated rings. The van der Waals surface area contributed by atoms with Crippen molar-refractivity contribution in [3.8, 4) is 5.75 Å². The molecule has 0 bridgehead atoms. The molecule has 134 valence electrons. The third-order valence-electron chi connectivity index (χ3n) is 4.68. The summed E-state index contributed by atoms with van der Waals surface area (Å²) in [5.74, 6) is 0.931. The molecule has 0 saturated carbocycles. The van der Waals surface area contributed by atoms with Crippen molar-refractivity contribution in [1.82, 2.24) is 15.1 Å². The van der Waals surface area contributed by atoms with Crippen LogP contribution >= 0.6 is 0 Å². The molecule has 2 atom stereocenters. The van der Waals surface area contributed by atoms with Crippen LogP contribution in [0.4, 0.5) is 5.69 Å². The SMILES string of the molecule is Cc1cnn(C(C)C(C)NCCOc2ccc3c(c2)CCC(=O)N3)c1. The lowest BCUT2D eigenvalue weighted by Crippen LogP contribution is -2.36. The maximum absolute atomic E-state index is 11.4. The third kappa shape index (κ3) is 4.39. The number of carbonyl (C=O) groups is 1. The van der Waals surface area contributed by atoms with Gasteiger partial charge in [-0.05, 0) is 56.5 Å². The van der Waals surface area contributed by atoms with Gasteiger partial charge in [0.2, 0.25) is 5.91 Å². The molecule has 0 saturated heterocycles. The minimum atomic E-state index is 0.0841. The fourth-order valence-electron chi connectivity index (χ4n) is 2.96. The van der Waals surface area contributed by atoms with Crippen molar-refractivity contribution in [1.29, 1.82) is 0 Å². The predicted molar refractivity (Wildman–Crippen MR) is 98.0 cm³/mol. The topological polar surface area (TPSA) is 68.2 Å². The van der Waals surface area contributed by atoms with Gasteiger partial charge < -0.3 is 15.4 Å². The second-order valence-electron chi connectivity index (χ2n) is 6.70. The highest BCUT2D eigenvalue weighted by Gasteiger charge is 2.16. The summed E-state index contributed by atoms with van der Waals surface area (Å²) in [6, 6.07) is 6.42. The van der Waals surface area contributed by atoms with E-state index in [1.165, 1.54) is 5.56 Å². The summed E-state index contributed by atoms with van der Waals surface area (Å²) in [6.07, 6.45) is 5.25. The van der Waals surface area contributed by atoms with Crippen LogP contribution in [0.1, 0.15) is 37.4 Å². The largest absolute Gasteiger partial charge is 0.492 e. The third-order valence-corrected chi connectivity index (χ3v) is 4.68. The fourth-order valence-corrected chi connectivity index (χ4v) is 2.96. The average molecular weight is 342 g/mol. The fraction of sp³-hybridized carbons (Fsp3) is 0.474. The van der Waals surface area contributed by atoms with Crippen LogP contribution in [0.5, 0.6) is 5.75 Å². The van der Waals surface area contributed by atoms with Crippen molar-refractivity contribution in [3.63, 3.8) is 0 Å². The van der Waals surface area contributed by atoms with Gasteiger partial charge >= 0.3 is 0 Å². The van der Waals surface area contributed by atoms with Crippen molar-refractivity contribution >= 4 is 11.6 Å². The Kier molecular flexibility index (Phi) is 5.38. The summed E-state index contributed by atoms with van der Waals surface area (Å²) in [4.78, 5) is 11.4. The molecular weight excluding hydrogens is 316 g/mol. The molecule has 2 aromatic rings. The van der Waals surface area contributed by atoms with Gasteiger partial charge in [0.05, 0.1) is 12.2 Å². The highest BCUT2D eigenvalue weighted by atomic mass is 16.5. The molecule has 3 rings (SSSR count). The van der Waals surface area contributed by atoms with E-state index in [-0.39, 0.29) is 11.9 Å². The summed E-state index contributed by atoms with van der Waals surface area (Å²) < 4.78 is 7.83. The molecule has 1 amide bonds. The monoisotopic (exact) mass is 342 g/mol. The first-order chi connectivity index (χ1) is 12.0. The zero-order valence-electron chi connectivity index (χ0n) is 15.1. The Labute approximate surface area is 148 Å². The molecule has 0 spiro atoms. The highest BCUT2D eigenvalue weighted by Crippen LogP contribution is 2.26. The molecule has 1 aliphatic rings. The average Bonchev–Trinajstić information content (AvgIpc) is 3.04. The Bertz CT molecular complexity index is 741. The number of carbonyl (C=O) groups excluding carboxylic acids is 1. The standard InChI is InChI=1S/C19H26N4O2/c1-13-11-21-23(12-13)15(3)14(2)20-8-9-25-17-5-6-18-16(10-17)4-7-19(24)22-18/h5-6,10-12,14-15,20H,4,7-9H2,1-3H3,(H,22,24). The Morgan fingerprint density at radius 3 is 2.96 bits per heavy atom. The molecule has 6 heteroatoms. The smallest absolute Gasteiger partial charge is 0.224 e. The number of hydrogen-bond donors (Lipinski definition) is 2. The quantitative estimate of drug-likeness (QED) is 0.759. The Balaban J connectivity index is 1.44. The van der Waals surface area contributed by atoms with Crippen LogP contribution in [0.3, 0.4) is 0 Å². The first-order valence-electron chi connectivity index (χ1n) is 8.82. The normalized spacial score (nSPS) is 16.0. The lowest BCUT2D eigenvalue weighted by Gasteiger charge is -2.22. The molecule has 2 N–H and O–H groups in total. The van der Waals surface area contributed by atoms with Gasteiger partial charge in [0.15, 0.2) is 0 Å². The van der Waals surface area contributed by atoms with E-state index in [4.69, 9.17) is 4.74 Å². The predicted octanol–water partition coefficient (Wildman–Crippen LogP) is 2.69. The Hall–Kier alpha value is -2.34. The van der Waals surface area contributed by atoms with Crippen molar-refractivity contribution in [2.45, 2.75) is 45.7 Å². The van der Waals surface area contributed by atoms with Crippen molar-refractivity contribution in [2.24, 2.45) is 0 Å². The number of hydrogen-bond acceptors (Lipinski definition) is 4. The van der Waals surface area contributed by atoms with Crippen molar-refractivity contribution in [2.75, 3.05) is 18.5 Å². The summed E-state index contributed by atoms with van der Waals surface area (Å²) in [5.41, 5.74) is 3.21. The van der Waals surface area contributed by atoms with Gasteiger partial charge in [-0.25, -0.2) is 0 Å². The molecule has 1 aromatic heterocycles. The van der Waals surface area contributed by atoms with E-state index in [9.17, 15) is 4.79 Å². The number of aromatic nitrogens is 2. The second-order valence-corrected chi connectivity index (χ2v) is 6.70. The minimum absolute atomic E-state index is 0.0841. The second kappa shape index (κ2) is 7.70. The van der Waals surface area contributed by atoms with Crippen LogP contribution in [-0.2, 0) is 11.2 Å². The van der Waals surface area contributed by atoms with Gasteiger partial charge in [0, 0.05) is 30.9 Å². The summed E-state index contributed by atoms with van der Waals surface area (Å²) in [7, 11) is 0. The van der Waals surface area contributed by atoms with Gasteiger partial charge in [-0.15, -0.1) is 0 Å². The van der Waals surface area contributed by atoms with Gasteiger partial charge in [-0.3, -0.25) is 9.48 Å². The number of nitrogens with one attached hydrogen (secondary N) is 2. The summed E-state index contributed by atoms with van der Waals surface area (Å²) in [6.45, 7) is 7.72. The molecule has 0 radical (unpaired) electrons. The maximum atomic E-state index is 11.4. The van der Waals surface area contributed by atoms with Gasteiger partial charge in [0.25, 0.3) is 0 Å². The number of amides is 1. The Morgan fingerprint density at radius 1 is 1.36 bits per heavy atom. The highest BCUT2D eigenvalue weighted by molar-refractivity contribution is 5.93. The molecule has 0 aliphatic carbocycles. The Morgan fingerprint density at radius 2 is 2.20 bits per heavy atom. The van der Waals surface area contributed by atoms with Gasteiger partial charge in [-0.1, -0.05) is 0 Å². The lowest BCUT2D eigenvalue weighted by molar-refractivity contribution is -0.116. The minimum Gasteiger partial charge on any atom is -0.492 e. The van der Waals surface area contributed by atoms with E-state index in [2.05, 4.69) is 35.8 Å². The first-order valence-corrected chi connectivity index (χ1v) is 8.82. The summed E-state index contributed by atoms with van der Waals surface area (Å²) in [5, 5.41) is 10.7. The lowest BCUT2D eigenvalue weighted by atomic mass is 10.0. The zero-order chi connectivity index (χ0) is 17.8. The zero-order valence-corrected chi connectivity index (χ0v) is 15.1. The van der Waals surface area contributed by atoms with Crippen molar-refractivity contribution in [3.05, 3.63) is 41.7 Å². The van der Waals surface area contributed by atoms with E-state index in [0.717, 1.165) is 30.0 Å².